The van der Waals surface area contributed by atoms with Crippen molar-refractivity contribution in [3.05, 3.63) is 59.9 Å². The van der Waals surface area contributed by atoms with Crippen molar-refractivity contribution >= 4 is 5.91 Å². The molecule has 1 aromatic heterocycles. The number of alkyl halides is 3. The summed E-state index contributed by atoms with van der Waals surface area (Å²) in [5.74, 6) is -0.271. The molecular weight excluding hydrogens is 435 g/mol. The van der Waals surface area contributed by atoms with Crippen molar-refractivity contribution in [2.45, 2.75) is 56.0 Å². The zero-order chi connectivity index (χ0) is 23.6. The Morgan fingerprint density at radius 3 is 2.82 bits per heavy atom. The molecule has 2 fully saturated rings. The third-order valence-electron chi connectivity index (χ3n) is 6.77. The van der Waals surface area contributed by atoms with Crippen molar-refractivity contribution in [1.29, 1.82) is 0 Å². The van der Waals surface area contributed by atoms with Gasteiger partial charge in [0, 0.05) is 43.9 Å². The summed E-state index contributed by atoms with van der Waals surface area (Å²) in [6, 6.07) is 10.6. The molecule has 2 aliphatic rings. The number of halogens is 3. The van der Waals surface area contributed by atoms with Crippen LogP contribution in [0.4, 0.5) is 13.2 Å². The molecule has 4 atom stereocenters. The Labute approximate surface area is 190 Å². The maximum absolute atomic E-state index is 13.0. The highest BCUT2D eigenvalue weighted by atomic mass is 19.4. The summed E-state index contributed by atoms with van der Waals surface area (Å²) in [5.41, 5.74) is 5.17. The second-order valence-electron chi connectivity index (χ2n) is 8.80. The van der Waals surface area contributed by atoms with Crippen LogP contribution in [-0.2, 0) is 15.7 Å². The molecule has 1 aromatic carbocycles. The third kappa shape index (κ3) is 4.99. The first-order valence-corrected chi connectivity index (χ1v) is 11.1. The summed E-state index contributed by atoms with van der Waals surface area (Å²) in [5, 5.41) is 0. The van der Waals surface area contributed by atoms with Gasteiger partial charge in [0.15, 0.2) is 0 Å². The quantitative estimate of drug-likeness (QED) is 0.706. The molecule has 0 bridgehead atoms. The SMILES string of the molecule is C[C@@H](c1ccccn1)C1CC(C(N)=O)(N2CCC(Oc3cccc(C(F)(F)F)c3)C2)CCO1. The summed E-state index contributed by atoms with van der Waals surface area (Å²) in [6.07, 6.45) is -1.79. The summed E-state index contributed by atoms with van der Waals surface area (Å²) in [6.45, 7) is 3.38. The van der Waals surface area contributed by atoms with E-state index in [1.165, 1.54) is 12.1 Å². The van der Waals surface area contributed by atoms with E-state index in [1.54, 1.807) is 6.20 Å². The Kier molecular flexibility index (Phi) is 6.63. The van der Waals surface area contributed by atoms with E-state index in [0.717, 1.165) is 17.8 Å². The molecule has 33 heavy (non-hydrogen) atoms. The fourth-order valence-corrected chi connectivity index (χ4v) is 4.85. The summed E-state index contributed by atoms with van der Waals surface area (Å²) in [7, 11) is 0. The van der Waals surface area contributed by atoms with Gasteiger partial charge >= 0.3 is 6.18 Å². The third-order valence-corrected chi connectivity index (χ3v) is 6.77. The normalized spacial score (nSPS) is 27.3. The van der Waals surface area contributed by atoms with Gasteiger partial charge in [-0.2, -0.15) is 13.2 Å². The van der Waals surface area contributed by atoms with Gasteiger partial charge in [-0.1, -0.05) is 19.1 Å². The van der Waals surface area contributed by atoms with Crippen LogP contribution in [-0.4, -0.2) is 53.2 Å². The molecule has 6 nitrogen and oxygen atoms in total. The van der Waals surface area contributed by atoms with Gasteiger partial charge in [0.1, 0.15) is 17.4 Å². The number of rotatable bonds is 6. The van der Waals surface area contributed by atoms with Gasteiger partial charge in [-0.3, -0.25) is 14.7 Å². The van der Waals surface area contributed by atoms with E-state index in [2.05, 4.69) is 4.98 Å². The van der Waals surface area contributed by atoms with E-state index in [0.29, 0.717) is 39.0 Å². The standard InChI is InChI=1S/C24H28F3N3O3/c1-16(20-7-2-3-10-29-20)21-14-23(22(28)31,9-12-32-21)30-11-8-19(15-30)33-18-6-4-5-17(13-18)24(25,26)27/h2-7,10,13,16,19,21H,8-9,11-12,14-15H2,1H3,(H2,28,31)/t16-,19?,21?,23?/m0/s1. The first-order valence-electron chi connectivity index (χ1n) is 11.1. The average Bonchev–Trinajstić information content (AvgIpc) is 3.27. The number of hydrogen-bond donors (Lipinski definition) is 1. The van der Waals surface area contributed by atoms with Crippen molar-refractivity contribution in [2.24, 2.45) is 5.73 Å². The molecule has 0 spiro atoms. The Morgan fingerprint density at radius 2 is 2.12 bits per heavy atom. The maximum Gasteiger partial charge on any atom is 0.416 e. The highest BCUT2D eigenvalue weighted by Crippen LogP contribution is 2.39. The van der Waals surface area contributed by atoms with Crippen LogP contribution in [0.25, 0.3) is 0 Å². The fraction of sp³-hybridized carbons (Fsp3) is 0.500. The minimum Gasteiger partial charge on any atom is -0.489 e. The molecular formula is C24H28F3N3O3. The molecule has 9 heteroatoms. The van der Waals surface area contributed by atoms with Crippen LogP contribution in [0.15, 0.2) is 48.7 Å². The summed E-state index contributed by atoms with van der Waals surface area (Å²) < 4.78 is 50.9. The Bertz CT molecular complexity index is 972. The van der Waals surface area contributed by atoms with Gasteiger partial charge in [0.25, 0.3) is 0 Å². The van der Waals surface area contributed by atoms with Crippen molar-refractivity contribution < 1.29 is 27.4 Å². The lowest BCUT2D eigenvalue weighted by Crippen LogP contribution is -2.61. The Hall–Kier alpha value is -2.65. The fourth-order valence-electron chi connectivity index (χ4n) is 4.85. The second-order valence-corrected chi connectivity index (χ2v) is 8.80. The number of primary amides is 1. The van der Waals surface area contributed by atoms with E-state index < -0.39 is 23.2 Å². The second kappa shape index (κ2) is 9.30. The van der Waals surface area contributed by atoms with Crippen LogP contribution in [0, 0.1) is 0 Å². The number of carbonyl (C=O) groups is 1. The van der Waals surface area contributed by atoms with Crippen molar-refractivity contribution in [2.75, 3.05) is 19.7 Å². The van der Waals surface area contributed by atoms with Crippen molar-refractivity contribution in [3.63, 3.8) is 0 Å². The van der Waals surface area contributed by atoms with E-state index in [9.17, 15) is 18.0 Å². The minimum absolute atomic E-state index is 0.0232. The van der Waals surface area contributed by atoms with Crippen LogP contribution in [0.1, 0.15) is 43.4 Å². The number of nitrogens with zero attached hydrogens (tertiary/aromatic N) is 2. The van der Waals surface area contributed by atoms with Crippen molar-refractivity contribution in [3.8, 4) is 5.75 Å². The molecule has 178 valence electrons. The predicted octanol–water partition coefficient (Wildman–Crippen LogP) is 3.76. The highest BCUT2D eigenvalue weighted by molar-refractivity contribution is 5.85. The molecule has 3 unspecified atom stereocenters. The number of likely N-dealkylation sites (tertiary alicyclic amines) is 1. The summed E-state index contributed by atoms with van der Waals surface area (Å²) >= 11 is 0. The highest BCUT2D eigenvalue weighted by Gasteiger charge is 2.50. The summed E-state index contributed by atoms with van der Waals surface area (Å²) in [4.78, 5) is 19.2. The monoisotopic (exact) mass is 463 g/mol. The smallest absolute Gasteiger partial charge is 0.416 e. The number of pyridine rings is 1. The molecule has 2 aliphatic heterocycles. The zero-order valence-electron chi connectivity index (χ0n) is 18.4. The molecule has 3 heterocycles. The average molecular weight is 464 g/mol. The van der Waals surface area contributed by atoms with Gasteiger partial charge < -0.3 is 15.2 Å². The molecule has 4 rings (SSSR count). The molecule has 2 N–H and O–H groups in total. The van der Waals surface area contributed by atoms with Gasteiger partial charge in [-0.25, -0.2) is 0 Å². The number of hydrogen-bond acceptors (Lipinski definition) is 5. The van der Waals surface area contributed by atoms with Crippen LogP contribution < -0.4 is 10.5 Å². The van der Waals surface area contributed by atoms with E-state index in [1.807, 2.05) is 30.0 Å². The van der Waals surface area contributed by atoms with Gasteiger partial charge in [-0.05, 0) is 43.2 Å². The lowest BCUT2D eigenvalue weighted by Gasteiger charge is -2.45. The maximum atomic E-state index is 13.0. The molecule has 1 amide bonds. The van der Waals surface area contributed by atoms with Crippen LogP contribution in [0.3, 0.4) is 0 Å². The number of aromatic nitrogens is 1. The van der Waals surface area contributed by atoms with Crippen LogP contribution >= 0.6 is 0 Å². The molecule has 0 radical (unpaired) electrons. The zero-order valence-corrected chi connectivity index (χ0v) is 18.4. The van der Waals surface area contributed by atoms with Gasteiger partial charge in [-0.15, -0.1) is 0 Å². The number of amides is 1. The molecule has 2 saturated heterocycles. The number of carbonyl (C=O) groups excluding carboxylic acids is 1. The van der Waals surface area contributed by atoms with Gasteiger partial charge in [0.05, 0.1) is 11.7 Å². The van der Waals surface area contributed by atoms with E-state index in [4.69, 9.17) is 15.2 Å². The van der Waals surface area contributed by atoms with Crippen molar-refractivity contribution in [1.82, 2.24) is 9.88 Å². The lowest BCUT2D eigenvalue weighted by atomic mass is 9.80. The van der Waals surface area contributed by atoms with Crippen LogP contribution in [0.5, 0.6) is 5.75 Å². The Morgan fingerprint density at radius 1 is 1.30 bits per heavy atom. The molecule has 0 saturated carbocycles. The number of ether oxygens (including phenoxy) is 2. The first kappa shape index (κ1) is 23.5. The first-order chi connectivity index (χ1) is 15.7. The van der Waals surface area contributed by atoms with Crippen LogP contribution in [0.2, 0.25) is 0 Å². The Balaban J connectivity index is 1.47. The lowest BCUT2D eigenvalue weighted by molar-refractivity contribution is -0.143. The number of benzene rings is 1. The minimum atomic E-state index is -4.43. The largest absolute Gasteiger partial charge is 0.489 e. The predicted molar refractivity (Wildman–Crippen MR) is 116 cm³/mol. The molecule has 2 aromatic rings. The van der Waals surface area contributed by atoms with E-state index >= 15 is 0 Å². The van der Waals surface area contributed by atoms with Gasteiger partial charge in [0.2, 0.25) is 5.91 Å². The number of nitrogens with two attached hydrogens (primary N) is 1. The van der Waals surface area contributed by atoms with E-state index in [-0.39, 0.29) is 23.9 Å². The molecule has 0 aliphatic carbocycles. The topological polar surface area (TPSA) is 77.7 Å².